The molecule has 102 valence electrons. The molecule has 1 aliphatic rings. The first-order valence-corrected chi connectivity index (χ1v) is 7.42. The number of carbonyl (C=O) groups excluding carboxylic acids is 1. The zero-order valence-electron chi connectivity index (χ0n) is 10.6. The molecule has 1 N–H and O–H groups in total. The zero-order valence-corrected chi connectivity index (χ0v) is 12.1. The fraction of sp³-hybridized carbons (Fsp3) is 0.385. The van der Waals surface area contributed by atoms with E-state index in [-0.39, 0.29) is 12.0 Å². The Labute approximate surface area is 121 Å². The standard InChI is InChI=1S/C13H15ClN2O2S/c1-2-18-12(17)7-11-8-19-13(16-11)15-10-5-3-9(14)4-6-10/h3-6,11H,2,7-8H2,1H3,(H,15,16). The first-order chi connectivity index (χ1) is 9.17. The third-order valence-corrected chi connectivity index (χ3v) is 3.80. The number of aliphatic imine (C=N–C) groups is 1. The Morgan fingerprint density at radius 2 is 2.26 bits per heavy atom. The van der Waals surface area contributed by atoms with Crippen molar-refractivity contribution < 1.29 is 9.53 Å². The van der Waals surface area contributed by atoms with Crippen LogP contribution < -0.4 is 5.32 Å². The average molecular weight is 299 g/mol. The van der Waals surface area contributed by atoms with Crippen LogP contribution in [0.4, 0.5) is 5.69 Å². The summed E-state index contributed by atoms with van der Waals surface area (Å²) in [6.45, 7) is 2.22. The number of rotatable bonds is 4. The number of benzene rings is 1. The van der Waals surface area contributed by atoms with Crippen LogP contribution in [0.2, 0.25) is 5.02 Å². The van der Waals surface area contributed by atoms with Gasteiger partial charge in [0.05, 0.1) is 19.1 Å². The number of esters is 1. The monoisotopic (exact) mass is 298 g/mol. The van der Waals surface area contributed by atoms with Crippen LogP contribution >= 0.6 is 23.4 Å². The highest BCUT2D eigenvalue weighted by atomic mass is 35.5. The molecule has 19 heavy (non-hydrogen) atoms. The van der Waals surface area contributed by atoms with Gasteiger partial charge < -0.3 is 10.1 Å². The lowest BCUT2D eigenvalue weighted by Crippen LogP contribution is -2.14. The summed E-state index contributed by atoms with van der Waals surface area (Å²) in [6.07, 6.45) is 0.340. The van der Waals surface area contributed by atoms with Crippen molar-refractivity contribution in [1.29, 1.82) is 0 Å². The van der Waals surface area contributed by atoms with Gasteiger partial charge in [-0.25, -0.2) is 0 Å². The molecule has 1 atom stereocenters. The smallest absolute Gasteiger partial charge is 0.307 e. The number of halogens is 1. The highest BCUT2D eigenvalue weighted by molar-refractivity contribution is 8.14. The molecule has 0 amide bonds. The molecule has 2 rings (SSSR count). The average Bonchev–Trinajstić information content (AvgIpc) is 2.80. The molecule has 0 saturated heterocycles. The summed E-state index contributed by atoms with van der Waals surface area (Å²) in [5.41, 5.74) is 0.937. The second kappa shape index (κ2) is 6.82. The van der Waals surface area contributed by atoms with Gasteiger partial charge in [0.25, 0.3) is 0 Å². The van der Waals surface area contributed by atoms with Crippen LogP contribution in [0.5, 0.6) is 0 Å². The minimum Gasteiger partial charge on any atom is -0.466 e. The van der Waals surface area contributed by atoms with E-state index in [1.54, 1.807) is 18.7 Å². The Bertz CT molecular complexity index is 476. The summed E-state index contributed by atoms with van der Waals surface area (Å²) in [5, 5.41) is 4.74. The summed E-state index contributed by atoms with van der Waals surface area (Å²) < 4.78 is 4.92. The lowest BCUT2D eigenvalue weighted by molar-refractivity contribution is -0.143. The lowest BCUT2D eigenvalue weighted by Gasteiger charge is -2.05. The third kappa shape index (κ3) is 4.44. The Kier molecular flexibility index (Phi) is 5.10. The van der Waals surface area contributed by atoms with Crippen LogP contribution in [0.25, 0.3) is 0 Å². The van der Waals surface area contributed by atoms with E-state index in [9.17, 15) is 4.79 Å². The number of hydrogen-bond acceptors (Lipinski definition) is 5. The van der Waals surface area contributed by atoms with E-state index in [2.05, 4.69) is 10.3 Å². The minimum atomic E-state index is -0.190. The van der Waals surface area contributed by atoms with Crippen LogP contribution in [-0.4, -0.2) is 29.5 Å². The molecule has 0 aromatic heterocycles. The molecule has 0 radical (unpaired) electrons. The molecule has 1 aliphatic heterocycles. The van der Waals surface area contributed by atoms with Gasteiger partial charge in [0.2, 0.25) is 0 Å². The number of amidine groups is 1. The maximum absolute atomic E-state index is 11.4. The van der Waals surface area contributed by atoms with Crippen molar-refractivity contribution in [2.45, 2.75) is 19.4 Å². The van der Waals surface area contributed by atoms with Crippen LogP contribution in [0.3, 0.4) is 0 Å². The molecule has 1 aromatic carbocycles. The van der Waals surface area contributed by atoms with Gasteiger partial charge in [-0.1, -0.05) is 23.4 Å². The van der Waals surface area contributed by atoms with Crippen molar-refractivity contribution in [2.75, 3.05) is 17.7 Å². The third-order valence-electron chi connectivity index (χ3n) is 2.52. The number of carbonyl (C=O) groups is 1. The second-order valence-corrected chi connectivity index (χ2v) is 5.49. The van der Waals surface area contributed by atoms with E-state index in [4.69, 9.17) is 16.3 Å². The first kappa shape index (κ1) is 14.2. The molecule has 0 spiro atoms. The summed E-state index contributed by atoms with van der Waals surface area (Å²) in [4.78, 5) is 15.8. The van der Waals surface area contributed by atoms with Gasteiger partial charge in [0, 0.05) is 16.5 Å². The largest absolute Gasteiger partial charge is 0.466 e. The molecule has 1 aromatic rings. The highest BCUT2D eigenvalue weighted by Gasteiger charge is 2.21. The molecule has 0 saturated carbocycles. The molecule has 1 heterocycles. The van der Waals surface area contributed by atoms with Gasteiger partial charge in [0.1, 0.15) is 0 Å². The van der Waals surface area contributed by atoms with Crippen molar-refractivity contribution >= 4 is 40.2 Å². The maximum Gasteiger partial charge on any atom is 0.307 e. The summed E-state index contributed by atoms with van der Waals surface area (Å²) in [7, 11) is 0. The zero-order chi connectivity index (χ0) is 13.7. The van der Waals surface area contributed by atoms with Crippen molar-refractivity contribution in [1.82, 2.24) is 0 Å². The highest BCUT2D eigenvalue weighted by Crippen LogP contribution is 2.23. The second-order valence-electron chi connectivity index (χ2n) is 4.04. The van der Waals surface area contributed by atoms with Gasteiger partial charge in [0.15, 0.2) is 5.17 Å². The Balaban J connectivity index is 1.88. The van der Waals surface area contributed by atoms with Gasteiger partial charge in [-0.05, 0) is 31.2 Å². The topological polar surface area (TPSA) is 50.7 Å². The van der Waals surface area contributed by atoms with E-state index < -0.39 is 0 Å². The number of nitrogens with one attached hydrogen (secondary N) is 1. The predicted octanol–water partition coefficient (Wildman–Crippen LogP) is 3.18. The van der Waals surface area contributed by atoms with E-state index in [1.807, 2.05) is 24.3 Å². The molecular weight excluding hydrogens is 284 g/mol. The van der Waals surface area contributed by atoms with Crippen molar-refractivity contribution in [3.8, 4) is 0 Å². The van der Waals surface area contributed by atoms with E-state index >= 15 is 0 Å². The molecule has 6 heteroatoms. The summed E-state index contributed by atoms with van der Waals surface area (Å²) in [6, 6.07) is 7.42. The Morgan fingerprint density at radius 1 is 1.53 bits per heavy atom. The van der Waals surface area contributed by atoms with Crippen LogP contribution in [0.1, 0.15) is 13.3 Å². The number of anilines is 1. The Morgan fingerprint density at radius 3 is 2.95 bits per heavy atom. The number of ether oxygens (including phenoxy) is 1. The Hall–Kier alpha value is -1.20. The fourth-order valence-corrected chi connectivity index (χ4v) is 2.74. The molecule has 0 fully saturated rings. The van der Waals surface area contributed by atoms with Gasteiger partial charge in [-0.15, -0.1) is 0 Å². The van der Waals surface area contributed by atoms with Gasteiger partial charge >= 0.3 is 5.97 Å². The molecule has 0 aliphatic carbocycles. The maximum atomic E-state index is 11.4. The molecule has 4 nitrogen and oxygen atoms in total. The number of thioether (sulfide) groups is 1. The van der Waals surface area contributed by atoms with Crippen LogP contribution in [0, 0.1) is 0 Å². The van der Waals surface area contributed by atoms with E-state index in [0.717, 1.165) is 16.6 Å². The van der Waals surface area contributed by atoms with E-state index in [1.165, 1.54) is 0 Å². The lowest BCUT2D eigenvalue weighted by atomic mass is 10.2. The summed E-state index contributed by atoms with van der Waals surface area (Å²) >= 11 is 7.43. The van der Waals surface area contributed by atoms with Crippen LogP contribution in [-0.2, 0) is 9.53 Å². The van der Waals surface area contributed by atoms with Gasteiger partial charge in [-0.2, -0.15) is 0 Å². The van der Waals surface area contributed by atoms with Gasteiger partial charge in [-0.3, -0.25) is 9.79 Å². The molecular formula is C13H15ClN2O2S. The normalized spacial score (nSPS) is 18.0. The van der Waals surface area contributed by atoms with Crippen LogP contribution in [0.15, 0.2) is 29.3 Å². The van der Waals surface area contributed by atoms with E-state index in [0.29, 0.717) is 18.1 Å². The number of nitrogens with zero attached hydrogens (tertiary/aromatic N) is 1. The minimum absolute atomic E-state index is 0.00106. The molecule has 0 bridgehead atoms. The van der Waals surface area contributed by atoms with Crippen molar-refractivity contribution in [2.24, 2.45) is 4.99 Å². The summed E-state index contributed by atoms with van der Waals surface area (Å²) in [5.74, 6) is 0.610. The SMILES string of the molecule is CCOC(=O)CC1CSC(Nc2ccc(Cl)cc2)=N1. The fourth-order valence-electron chi connectivity index (χ4n) is 1.66. The molecule has 1 unspecified atom stereocenters. The first-order valence-electron chi connectivity index (χ1n) is 6.06. The van der Waals surface area contributed by atoms with Crippen molar-refractivity contribution in [3.05, 3.63) is 29.3 Å². The quantitative estimate of drug-likeness (QED) is 0.868. The number of hydrogen-bond donors (Lipinski definition) is 1. The van der Waals surface area contributed by atoms with Crippen molar-refractivity contribution in [3.63, 3.8) is 0 Å². The predicted molar refractivity (Wildman–Crippen MR) is 80.0 cm³/mol.